The number of H-pyrrole nitrogens is 1. The van der Waals surface area contributed by atoms with E-state index in [-0.39, 0.29) is 29.7 Å². The van der Waals surface area contributed by atoms with Crippen molar-refractivity contribution >= 4 is 41.5 Å². The molecule has 4 N–H and O–H groups in total. The van der Waals surface area contributed by atoms with Crippen LogP contribution < -0.4 is 16.0 Å². The summed E-state index contributed by atoms with van der Waals surface area (Å²) < 4.78 is 9.54. The number of carbonyl (C=O) groups excluding carboxylic acids is 6. The van der Waals surface area contributed by atoms with Gasteiger partial charge in [0.2, 0.25) is 17.7 Å². The predicted molar refractivity (Wildman–Crippen MR) is 230 cm³/mol. The lowest BCUT2D eigenvalue weighted by Gasteiger charge is -2.33. The summed E-state index contributed by atoms with van der Waals surface area (Å²) in [7, 11) is 2.50. The minimum atomic E-state index is -1.03. The minimum absolute atomic E-state index is 0.126. The summed E-state index contributed by atoms with van der Waals surface area (Å²) in [4.78, 5) is 92.4. The van der Waals surface area contributed by atoms with E-state index in [1.54, 1.807) is 40.3 Å². The van der Waals surface area contributed by atoms with Crippen LogP contribution in [0.25, 0.3) is 22.4 Å². The molecule has 3 aliphatic heterocycles. The van der Waals surface area contributed by atoms with Crippen LogP contribution in [0, 0.1) is 5.92 Å². The summed E-state index contributed by atoms with van der Waals surface area (Å²) in [6.07, 6.45) is 4.18. The highest BCUT2D eigenvalue weighted by molar-refractivity contribution is 5.99. The normalized spacial score (nSPS) is 19.5. The largest absolute Gasteiger partial charge is 0.453 e. The highest BCUT2D eigenvalue weighted by Gasteiger charge is 2.44. The standard InChI is InChI=1S/C46H54N8O8/c1-28(2)38(50-45(59)61-3)43(57)52-24-8-13-35(52)40-47-27-34(49-40)31-18-16-29(17-19-31)30-20-22-33(23-21-30)48-41(55)36-14-9-25-53(36)42(56)37-15-10-26-54(37)44(58)39(51-46(60)62-4)32-11-6-5-7-12-32/h5-7,11-12,16-23,27-28,35-39H,8-10,13-15,24-26H2,1-4H3,(H,47,49)(H,48,55)(H,50,59)(H,51,60)/t35-,36-,37-,38-,39+/m0/s1. The Labute approximate surface area is 360 Å². The van der Waals surface area contributed by atoms with E-state index in [1.807, 2.05) is 68.4 Å². The van der Waals surface area contributed by atoms with E-state index in [1.165, 1.54) is 19.1 Å². The molecule has 7 rings (SSSR count). The van der Waals surface area contributed by atoms with E-state index in [2.05, 4.69) is 25.9 Å². The Morgan fingerprint density at radius 2 is 1.26 bits per heavy atom. The van der Waals surface area contributed by atoms with Gasteiger partial charge >= 0.3 is 12.2 Å². The molecule has 4 aromatic rings. The summed E-state index contributed by atoms with van der Waals surface area (Å²) in [6, 6.07) is 20.9. The van der Waals surface area contributed by atoms with E-state index in [4.69, 9.17) is 9.47 Å². The maximum Gasteiger partial charge on any atom is 0.407 e. The lowest BCUT2D eigenvalue weighted by atomic mass is 10.0. The van der Waals surface area contributed by atoms with Crippen LogP contribution in [0.4, 0.5) is 15.3 Å². The second-order valence-electron chi connectivity index (χ2n) is 16.2. The number of amides is 6. The fourth-order valence-electron chi connectivity index (χ4n) is 8.72. The Morgan fingerprint density at radius 3 is 1.92 bits per heavy atom. The van der Waals surface area contributed by atoms with Gasteiger partial charge in [-0.15, -0.1) is 0 Å². The van der Waals surface area contributed by atoms with Gasteiger partial charge in [-0.3, -0.25) is 19.2 Å². The first-order valence-electron chi connectivity index (χ1n) is 21.2. The molecule has 0 spiro atoms. The number of rotatable bonds is 12. The van der Waals surface area contributed by atoms with Gasteiger partial charge in [-0.05, 0) is 78.8 Å². The summed E-state index contributed by atoms with van der Waals surface area (Å²) in [5.74, 6) is -0.571. The summed E-state index contributed by atoms with van der Waals surface area (Å²) in [6.45, 7) is 5.10. The van der Waals surface area contributed by atoms with Crippen molar-refractivity contribution in [3.63, 3.8) is 0 Å². The van der Waals surface area contributed by atoms with E-state index in [9.17, 15) is 28.8 Å². The molecule has 6 amide bonds. The fourth-order valence-corrected chi connectivity index (χ4v) is 8.72. The summed E-state index contributed by atoms with van der Waals surface area (Å²) in [5.41, 5.74) is 4.82. The van der Waals surface area contributed by atoms with Gasteiger partial charge in [0, 0.05) is 25.3 Å². The number of aromatic nitrogens is 2. The number of ether oxygens (including phenoxy) is 2. The average Bonchev–Trinajstić information content (AvgIpc) is 4.14. The number of imidazole rings is 1. The van der Waals surface area contributed by atoms with Crippen LogP contribution in [-0.2, 0) is 28.7 Å². The molecule has 62 heavy (non-hydrogen) atoms. The molecule has 1 aromatic heterocycles. The molecule has 4 heterocycles. The molecule has 0 aliphatic carbocycles. The molecular formula is C46H54N8O8. The number of carbonyl (C=O) groups is 6. The second kappa shape index (κ2) is 19.3. The first kappa shape index (κ1) is 43.4. The van der Waals surface area contributed by atoms with Crippen LogP contribution in [-0.4, -0.2) is 112 Å². The van der Waals surface area contributed by atoms with E-state index in [0.717, 1.165) is 35.2 Å². The van der Waals surface area contributed by atoms with Crippen molar-refractivity contribution in [1.82, 2.24) is 35.3 Å². The molecule has 0 saturated carbocycles. The third-order valence-electron chi connectivity index (χ3n) is 12.0. The number of nitrogens with one attached hydrogen (secondary N) is 4. The summed E-state index contributed by atoms with van der Waals surface area (Å²) in [5, 5.41) is 8.30. The molecule has 5 atom stereocenters. The minimum Gasteiger partial charge on any atom is -0.453 e. The van der Waals surface area contributed by atoms with E-state index >= 15 is 0 Å². The van der Waals surface area contributed by atoms with E-state index < -0.39 is 42.3 Å². The number of hydrogen-bond donors (Lipinski definition) is 4. The van der Waals surface area contributed by atoms with Crippen LogP contribution in [0.15, 0.2) is 85.1 Å². The summed E-state index contributed by atoms with van der Waals surface area (Å²) >= 11 is 0. The van der Waals surface area contributed by atoms with Crippen LogP contribution in [0.1, 0.15) is 75.8 Å². The van der Waals surface area contributed by atoms with Gasteiger partial charge in [0.15, 0.2) is 0 Å². The molecule has 0 radical (unpaired) electrons. The third kappa shape index (κ3) is 9.43. The maximum atomic E-state index is 14.1. The second-order valence-corrected chi connectivity index (χ2v) is 16.2. The van der Waals surface area contributed by atoms with E-state index in [0.29, 0.717) is 62.4 Å². The van der Waals surface area contributed by atoms with Gasteiger partial charge in [0.1, 0.15) is 30.0 Å². The molecular weight excluding hydrogens is 793 g/mol. The van der Waals surface area contributed by atoms with Crippen molar-refractivity contribution in [1.29, 1.82) is 0 Å². The lowest BCUT2D eigenvalue weighted by Crippen LogP contribution is -2.53. The molecule has 16 nitrogen and oxygen atoms in total. The van der Waals surface area contributed by atoms with Crippen LogP contribution >= 0.6 is 0 Å². The number of benzene rings is 3. The average molecular weight is 847 g/mol. The molecule has 3 fully saturated rings. The molecule has 3 aromatic carbocycles. The van der Waals surface area contributed by atoms with Gasteiger partial charge in [-0.25, -0.2) is 14.6 Å². The Balaban J connectivity index is 0.964. The molecule has 16 heteroatoms. The SMILES string of the molecule is COC(=O)N[C@H](C(=O)N1CCC[C@H]1c1ncc(-c2ccc(-c3ccc(NC(=O)[C@@H]4CCCN4C(=O)[C@@H]4CCCN4C(=O)[C@H](NC(=O)OC)c4ccccc4)cc3)cc2)[nH]1)C(C)C. The van der Waals surface area contributed by atoms with Gasteiger partial charge in [-0.2, -0.15) is 0 Å². The number of methoxy groups -OCH3 is 2. The van der Waals surface area contributed by atoms with Crippen LogP contribution in [0.2, 0.25) is 0 Å². The van der Waals surface area contributed by atoms with Crippen LogP contribution in [0.5, 0.6) is 0 Å². The number of anilines is 1. The predicted octanol–water partition coefficient (Wildman–Crippen LogP) is 5.81. The molecule has 0 bridgehead atoms. The first-order valence-corrected chi connectivity index (χ1v) is 21.2. The zero-order valence-electron chi connectivity index (χ0n) is 35.5. The zero-order valence-corrected chi connectivity index (χ0v) is 35.5. The number of nitrogens with zero attached hydrogens (tertiary/aromatic N) is 4. The van der Waals surface area contributed by atoms with Crippen molar-refractivity contribution in [2.75, 3.05) is 39.2 Å². The Hall–Kier alpha value is -6.71. The van der Waals surface area contributed by atoms with Crippen molar-refractivity contribution < 1.29 is 38.2 Å². The molecule has 0 unspecified atom stereocenters. The topological polar surface area (TPSA) is 195 Å². The van der Waals surface area contributed by atoms with Crippen molar-refractivity contribution in [2.24, 2.45) is 5.92 Å². The van der Waals surface area contributed by atoms with Gasteiger partial charge < -0.3 is 45.1 Å². The number of hydrogen-bond acceptors (Lipinski definition) is 9. The first-order chi connectivity index (χ1) is 30.0. The van der Waals surface area contributed by atoms with Crippen molar-refractivity contribution in [3.05, 3.63) is 96.4 Å². The maximum absolute atomic E-state index is 14.1. The van der Waals surface area contributed by atoms with Gasteiger partial charge in [-0.1, -0.05) is 80.6 Å². The third-order valence-corrected chi connectivity index (χ3v) is 12.0. The quantitative estimate of drug-likeness (QED) is 0.136. The Morgan fingerprint density at radius 1 is 0.677 bits per heavy atom. The molecule has 3 saturated heterocycles. The number of aromatic amines is 1. The molecule has 326 valence electrons. The zero-order chi connectivity index (χ0) is 43.9. The van der Waals surface area contributed by atoms with Crippen LogP contribution in [0.3, 0.4) is 0 Å². The number of alkyl carbamates (subject to hydrolysis) is 2. The Kier molecular flexibility index (Phi) is 13.5. The Bertz CT molecular complexity index is 2250. The number of likely N-dealkylation sites (tertiary alicyclic amines) is 3. The lowest BCUT2D eigenvalue weighted by molar-refractivity contribution is -0.146. The van der Waals surface area contributed by atoms with Gasteiger partial charge in [0.05, 0.1) is 32.2 Å². The van der Waals surface area contributed by atoms with Crippen molar-refractivity contribution in [2.45, 2.75) is 82.6 Å². The highest BCUT2D eigenvalue weighted by Crippen LogP contribution is 2.34. The van der Waals surface area contributed by atoms with Gasteiger partial charge in [0.25, 0.3) is 5.91 Å². The highest BCUT2D eigenvalue weighted by atomic mass is 16.5. The monoisotopic (exact) mass is 846 g/mol. The molecule has 3 aliphatic rings. The smallest absolute Gasteiger partial charge is 0.407 e. The van der Waals surface area contributed by atoms with Crippen molar-refractivity contribution in [3.8, 4) is 22.4 Å². The fraction of sp³-hybridized carbons (Fsp3) is 0.413.